The van der Waals surface area contributed by atoms with Crippen LogP contribution in [0.5, 0.6) is 5.75 Å². The molecule has 2 rings (SSSR count). The maximum atomic E-state index is 12.3. The number of rotatable bonds is 5. The van der Waals surface area contributed by atoms with Crippen LogP contribution >= 0.6 is 0 Å². The first-order valence-electron chi connectivity index (χ1n) is 7.79. The molecule has 1 aromatic heterocycles. The van der Waals surface area contributed by atoms with Gasteiger partial charge in [0.25, 0.3) is 5.56 Å². The second kappa shape index (κ2) is 7.62. The first kappa shape index (κ1) is 18.2. The summed E-state index contributed by atoms with van der Waals surface area (Å²) in [4.78, 5) is 24.6. The highest BCUT2D eigenvalue weighted by Crippen LogP contribution is 2.24. The lowest BCUT2D eigenvalue weighted by Gasteiger charge is -2.17. The SMILES string of the molecule is COc1ccccc1C(C)NC(=O)Cn1nc(C)c(C)c(C#N)c1=O. The lowest BCUT2D eigenvalue weighted by atomic mass is 10.1. The van der Waals surface area contributed by atoms with E-state index in [4.69, 9.17) is 10.00 Å². The van der Waals surface area contributed by atoms with E-state index in [2.05, 4.69) is 10.4 Å². The molecule has 0 aliphatic heterocycles. The Morgan fingerprint density at radius 3 is 2.72 bits per heavy atom. The molecular weight excluding hydrogens is 320 g/mol. The highest BCUT2D eigenvalue weighted by Gasteiger charge is 2.17. The summed E-state index contributed by atoms with van der Waals surface area (Å²) in [5.41, 5.74) is 1.36. The zero-order chi connectivity index (χ0) is 18.6. The maximum Gasteiger partial charge on any atom is 0.285 e. The number of methoxy groups -OCH3 is 1. The van der Waals surface area contributed by atoms with Crippen LogP contribution in [0.25, 0.3) is 0 Å². The van der Waals surface area contributed by atoms with Crippen molar-refractivity contribution < 1.29 is 9.53 Å². The van der Waals surface area contributed by atoms with Gasteiger partial charge in [0.2, 0.25) is 5.91 Å². The number of carbonyl (C=O) groups is 1. The summed E-state index contributed by atoms with van der Waals surface area (Å²) in [7, 11) is 1.56. The van der Waals surface area contributed by atoms with Crippen molar-refractivity contribution in [1.82, 2.24) is 15.1 Å². The molecule has 0 spiro atoms. The van der Waals surface area contributed by atoms with Crippen molar-refractivity contribution in [3.05, 3.63) is 57.0 Å². The van der Waals surface area contributed by atoms with E-state index < -0.39 is 5.56 Å². The minimum Gasteiger partial charge on any atom is -0.496 e. The Balaban J connectivity index is 2.20. The molecule has 1 atom stereocenters. The summed E-state index contributed by atoms with van der Waals surface area (Å²) in [6.45, 7) is 4.93. The predicted octanol–water partition coefficient (Wildman–Crippen LogP) is 1.62. The first-order valence-corrected chi connectivity index (χ1v) is 7.79. The summed E-state index contributed by atoms with van der Waals surface area (Å²) < 4.78 is 6.31. The van der Waals surface area contributed by atoms with Crippen molar-refractivity contribution in [2.24, 2.45) is 0 Å². The number of nitrogens with zero attached hydrogens (tertiary/aromatic N) is 3. The van der Waals surface area contributed by atoms with Gasteiger partial charge < -0.3 is 10.1 Å². The molecule has 2 aromatic rings. The monoisotopic (exact) mass is 340 g/mol. The molecule has 130 valence electrons. The van der Waals surface area contributed by atoms with Crippen LogP contribution in [0.15, 0.2) is 29.1 Å². The summed E-state index contributed by atoms with van der Waals surface area (Å²) in [6.07, 6.45) is 0. The van der Waals surface area contributed by atoms with E-state index in [0.717, 1.165) is 10.2 Å². The van der Waals surface area contributed by atoms with Gasteiger partial charge in [-0.15, -0.1) is 0 Å². The maximum absolute atomic E-state index is 12.3. The minimum absolute atomic E-state index is 0.0121. The van der Waals surface area contributed by atoms with Gasteiger partial charge in [0.1, 0.15) is 23.9 Å². The lowest BCUT2D eigenvalue weighted by Crippen LogP contribution is -2.36. The van der Waals surface area contributed by atoms with Crippen molar-refractivity contribution in [1.29, 1.82) is 5.26 Å². The standard InChI is InChI=1S/C18H20N4O3/c1-11-12(2)21-22(18(24)15(11)9-19)10-17(23)20-13(3)14-7-5-6-8-16(14)25-4/h5-8,13H,10H2,1-4H3,(H,20,23). The lowest BCUT2D eigenvalue weighted by molar-refractivity contribution is -0.122. The number of nitrogens with one attached hydrogen (secondary N) is 1. The number of para-hydroxylation sites is 1. The Bertz CT molecular complexity index is 896. The average molecular weight is 340 g/mol. The summed E-state index contributed by atoms with van der Waals surface area (Å²) in [5.74, 6) is 0.295. The first-order chi connectivity index (χ1) is 11.9. The van der Waals surface area contributed by atoms with Crippen molar-refractivity contribution in [3.63, 3.8) is 0 Å². The smallest absolute Gasteiger partial charge is 0.285 e. The molecule has 7 nitrogen and oxygen atoms in total. The summed E-state index contributed by atoms with van der Waals surface area (Å²) in [6, 6.07) is 8.95. The summed E-state index contributed by atoms with van der Waals surface area (Å²) in [5, 5.41) is 16.0. The molecule has 0 saturated carbocycles. The van der Waals surface area contributed by atoms with Gasteiger partial charge in [-0.1, -0.05) is 18.2 Å². The second-order valence-corrected chi connectivity index (χ2v) is 5.69. The van der Waals surface area contributed by atoms with Gasteiger partial charge in [-0.25, -0.2) is 4.68 Å². The normalized spacial score (nSPS) is 11.5. The van der Waals surface area contributed by atoms with Crippen LogP contribution in [0.2, 0.25) is 0 Å². The largest absolute Gasteiger partial charge is 0.496 e. The van der Waals surface area contributed by atoms with Gasteiger partial charge in [0, 0.05) is 5.56 Å². The van der Waals surface area contributed by atoms with Gasteiger partial charge in [-0.2, -0.15) is 10.4 Å². The quantitative estimate of drug-likeness (QED) is 0.892. The Morgan fingerprint density at radius 1 is 1.40 bits per heavy atom. The van der Waals surface area contributed by atoms with Crippen molar-refractivity contribution in [2.45, 2.75) is 33.4 Å². The van der Waals surface area contributed by atoms with Crippen molar-refractivity contribution in [2.75, 3.05) is 7.11 Å². The number of aromatic nitrogens is 2. The molecule has 1 N–H and O–H groups in total. The summed E-state index contributed by atoms with van der Waals surface area (Å²) >= 11 is 0. The molecule has 1 amide bonds. The molecule has 0 bridgehead atoms. The molecule has 1 aromatic carbocycles. The van der Waals surface area contributed by atoms with E-state index >= 15 is 0 Å². The fourth-order valence-electron chi connectivity index (χ4n) is 2.54. The highest BCUT2D eigenvalue weighted by atomic mass is 16.5. The number of ether oxygens (including phenoxy) is 1. The van der Waals surface area contributed by atoms with Crippen LogP contribution in [-0.4, -0.2) is 22.8 Å². The van der Waals surface area contributed by atoms with Crippen LogP contribution in [0, 0.1) is 25.2 Å². The Morgan fingerprint density at radius 2 is 2.08 bits per heavy atom. The molecule has 0 fully saturated rings. The second-order valence-electron chi connectivity index (χ2n) is 5.69. The number of aryl methyl sites for hydroxylation is 1. The van der Waals surface area contributed by atoms with Gasteiger partial charge in [-0.05, 0) is 32.4 Å². The van der Waals surface area contributed by atoms with Gasteiger partial charge in [0.15, 0.2) is 0 Å². The van der Waals surface area contributed by atoms with E-state index in [-0.39, 0.29) is 24.1 Å². The van der Waals surface area contributed by atoms with E-state index in [1.165, 1.54) is 0 Å². The molecule has 0 radical (unpaired) electrons. The van der Waals surface area contributed by atoms with Crippen molar-refractivity contribution >= 4 is 5.91 Å². The third-order valence-electron chi connectivity index (χ3n) is 4.02. The number of carbonyl (C=O) groups excluding carboxylic acids is 1. The van der Waals surface area contributed by atoms with Gasteiger partial charge in [-0.3, -0.25) is 9.59 Å². The molecule has 0 aliphatic rings. The Labute approximate surface area is 145 Å². The van der Waals surface area contributed by atoms with E-state index in [1.807, 2.05) is 37.3 Å². The predicted molar refractivity (Wildman–Crippen MR) is 92.2 cm³/mol. The van der Waals surface area contributed by atoms with Crippen LogP contribution in [0.3, 0.4) is 0 Å². The molecule has 0 aliphatic carbocycles. The van der Waals surface area contributed by atoms with Crippen LogP contribution < -0.4 is 15.6 Å². The van der Waals surface area contributed by atoms with Gasteiger partial charge in [0.05, 0.1) is 18.8 Å². The van der Waals surface area contributed by atoms with Crippen molar-refractivity contribution in [3.8, 4) is 11.8 Å². The Kier molecular flexibility index (Phi) is 5.55. The number of nitriles is 1. The topological polar surface area (TPSA) is 97.0 Å². The van der Waals surface area contributed by atoms with E-state index in [0.29, 0.717) is 17.0 Å². The zero-order valence-electron chi connectivity index (χ0n) is 14.7. The molecular formula is C18H20N4O3. The molecule has 1 unspecified atom stereocenters. The van der Waals surface area contributed by atoms with Crippen LogP contribution in [0.1, 0.15) is 35.3 Å². The molecule has 25 heavy (non-hydrogen) atoms. The average Bonchev–Trinajstić information content (AvgIpc) is 2.60. The number of hydrogen-bond donors (Lipinski definition) is 1. The zero-order valence-corrected chi connectivity index (χ0v) is 14.7. The third kappa shape index (κ3) is 3.86. The van der Waals surface area contributed by atoms with Crippen LogP contribution in [-0.2, 0) is 11.3 Å². The Hall–Kier alpha value is -3.14. The van der Waals surface area contributed by atoms with Gasteiger partial charge >= 0.3 is 0 Å². The third-order valence-corrected chi connectivity index (χ3v) is 4.02. The minimum atomic E-state index is -0.564. The number of hydrogen-bond acceptors (Lipinski definition) is 5. The van der Waals surface area contributed by atoms with E-state index in [9.17, 15) is 9.59 Å². The molecule has 7 heteroatoms. The molecule has 0 saturated heterocycles. The van der Waals surface area contributed by atoms with Crippen LogP contribution in [0.4, 0.5) is 0 Å². The molecule has 1 heterocycles. The fraction of sp³-hybridized carbons (Fsp3) is 0.333. The highest BCUT2D eigenvalue weighted by molar-refractivity contribution is 5.76. The number of benzene rings is 1. The van der Waals surface area contributed by atoms with E-state index in [1.54, 1.807) is 21.0 Å². The fourth-order valence-corrected chi connectivity index (χ4v) is 2.54. The number of amides is 1.